The van der Waals surface area contributed by atoms with Gasteiger partial charge in [-0.25, -0.2) is 9.67 Å². The molecule has 6 rings (SSSR count). The van der Waals surface area contributed by atoms with Gasteiger partial charge in [-0.2, -0.15) is 5.10 Å². The highest BCUT2D eigenvalue weighted by atomic mass is 35.5. The Balaban J connectivity index is 1.85. The molecule has 3 nitrogen and oxygen atoms in total. The molecule has 4 heteroatoms. The van der Waals surface area contributed by atoms with Crippen LogP contribution in [0.3, 0.4) is 0 Å². The van der Waals surface area contributed by atoms with Crippen molar-refractivity contribution in [3.8, 4) is 28.1 Å². The largest absolute Gasteiger partial charge is 0.228 e. The van der Waals surface area contributed by atoms with Crippen molar-refractivity contribution < 1.29 is 0 Å². The summed E-state index contributed by atoms with van der Waals surface area (Å²) in [5, 5.41) is 7.87. The van der Waals surface area contributed by atoms with Crippen molar-refractivity contribution >= 4 is 33.5 Å². The first-order chi connectivity index (χ1) is 16.2. The van der Waals surface area contributed by atoms with Crippen LogP contribution >= 0.6 is 11.6 Å². The SMILES string of the molecule is Cc1ccc2c(-c3ccccc3Cl)c3c(-c4ccccc4)nn(-c4ccccc4)c3nc2c1. The summed E-state index contributed by atoms with van der Waals surface area (Å²) >= 11 is 6.77. The zero-order valence-corrected chi connectivity index (χ0v) is 18.8. The summed E-state index contributed by atoms with van der Waals surface area (Å²) in [7, 11) is 0. The summed E-state index contributed by atoms with van der Waals surface area (Å²) in [5.41, 5.74) is 7.83. The molecular weight excluding hydrogens is 426 g/mol. The molecule has 33 heavy (non-hydrogen) atoms. The average Bonchev–Trinajstić information content (AvgIpc) is 3.23. The highest BCUT2D eigenvalue weighted by molar-refractivity contribution is 6.34. The fourth-order valence-corrected chi connectivity index (χ4v) is 4.66. The Morgan fingerprint density at radius 3 is 2.21 bits per heavy atom. The van der Waals surface area contributed by atoms with Gasteiger partial charge in [0, 0.05) is 27.1 Å². The Kier molecular flexibility index (Phi) is 4.70. The monoisotopic (exact) mass is 445 g/mol. The summed E-state index contributed by atoms with van der Waals surface area (Å²) in [4.78, 5) is 5.13. The molecule has 0 saturated carbocycles. The zero-order valence-electron chi connectivity index (χ0n) is 18.0. The van der Waals surface area contributed by atoms with Gasteiger partial charge >= 0.3 is 0 Å². The van der Waals surface area contributed by atoms with E-state index < -0.39 is 0 Å². The minimum atomic E-state index is 0.707. The number of nitrogens with zero attached hydrogens (tertiary/aromatic N) is 3. The number of benzene rings is 4. The lowest BCUT2D eigenvalue weighted by Gasteiger charge is -2.12. The van der Waals surface area contributed by atoms with Gasteiger partial charge in [-0.1, -0.05) is 90.5 Å². The summed E-state index contributed by atoms with van der Waals surface area (Å²) in [6.07, 6.45) is 0. The lowest BCUT2D eigenvalue weighted by molar-refractivity contribution is 0.903. The molecule has 0 radical (unpaired) electrons. The van der Waals surface area contributed by atoms with Gasteiger partial charge in [-0.3, -0.25) is 0 Å². The molecule has 2 aromatic heterocycles. The number of fused-ring (bicyclic) bond motifs is 2. The number of aryl methyl sites for hydroxylation is 1. The second kappa shape index (κ2) is 7.88. The van der Waals surface area contributed by atoms with E-state index in [1.54, 1.807) is 0 Å². The van der Waals surface area contributed by atoms with Gasteiger partial charge in [-0.05, 0) is 36.8 Å². The standard InChI is InChI=1S/C29H20ClN3/c1-19-16-17-23-25(18-19)31-29-27(26(23)22-14-8-9-15-24(22)30)28(20-10-4-2-5-11-20)32-33(29)21-12-6-3-7-13-21/h2-18H,1H3. The number of halogens is 1. The molecule has 0 N–H and O–H groups in total. The number of hydrogen-bond donors (Lipinski definition) is 0. The van der Waals surface area contributed by atoms with E-state index in [1.165, 1.54) is 0 Å². The lowest BCUT2D eigenvalue weighted by atomic mass is 9.94. The molecule has 4 aromatic carbocycles. The van der Waals surface area contributed by atoms with Crippen molar-refractivity contribution in [1.29, 1.82) is 0 Å². The Morgan fingerprint density at radius 2 is 1.45 bits per heavy atom. The maximum atomic E-state index is 6.77. The Morgan fingerprint density at radius 1 is 0.758 bits per heavy atom. The molecule has 0 aliphatic carbocycles. The van der Waals surface area contributed by atoms with E-state index in [0.29, 0.717) is 5.02 Å². The van der Waals surface area contributed by atoms with Gasteiger partial charge in [0.1, 0.15) is 5.69 Å². The summed E-state index contributed by atoms with van der Waals surface area (Å²) in [6.45, 7) is 2.09. The minimum absolute atomic E-state index is 0.707. The van der Waals surface area contributed by atoms with Gasteiger partial charge < -0.3 is 0 Å². The van der Waals surface area contributed by atoms with Crippen LogP contribution in [0, 0.1) is 6.92 Å². The molecule has 0 spiro atoms. The fraction of sp³-hybridized carbons (Fsp3) is 0.0345. The van der Waals surface area contributed by atoms with Crippen LogP contribution in [0.5, 0.6) is 0 Å². The summed E-state index contributed by atoms with van der Waals surface area (Å²) < 4.78 is 1.94. The van der Waals surface area contributed by atoms with E-state index in [1.807, 2.05) is 59.3 Å². The van der Waals surface area contributed by atoms with Crippen molar-refractivity contribution in [1.82, 2.24) is 14.8 Å². The normalized spacial score (nSPS) is 11.3. The zero-order chi connectivity index (χ0) is 22.4. The second-order valence-electron chi connectivity index (χ2n) is 8.15. The Labute approximate surface area is 196 Å². The lowest BCUT2D eigenvalue weighted by Crippen LogP contribution is -1.98. The average molecular weight is 446 g/mol. The van der Waals surface area contributed by atoms with E-state index in [0.717, 1.165) is 55.6 Å². The smallest absolute Gasteiger partial charge is 0.164 e. The molecule has 0 fully saturated rings. The number of hydrogen-bond acceptors (Lipinski definition) is 2. The Bertz CT molecular complexity index is 1620. The molecule has 0 atom stereocenters. The number of aromatic nitrogens is 3. The number of para-hydroxylation sites is 1. The maximum absolute atomic E-state index is 6.77. The number of pyridine rings is 1. The molecule has 0 aliphatic heterocycles. The molecule has 0 amide bonds. The van der Waals surface area contributed by atoms with E-state index in [-0.39, 0.29) is 0 Å². The van der Waals surface area contributed by atoms with E-state index >= 15 is 0 Å². The van der Waals surface area contributed by atoms with Crippen molar-refractivity contribution in [2.45, 2.75) is 6.92 Å². The van der Waals surface area contributed by atoms with Gasteiger partial charge in [0.15, 0.2) is 5.65 Å². The van der Waals surface area contributed by atoms with E-state index in [9.17, 15) is 0 Å². The van der Waals surface area contributed by atoms with Gasteiger partial charge in [-0.15, -0.1) is 0 Å². The first-order valence-corrected chi connectivity index (χ1v) is 11.3. The Hall–Kier alpha value is -3.95. The molecule has 6 aromatic rings. The highest BCUT2D eigenvalue weighted by Gasteiger charge is 2.23. The predicted octanol–water partition coefficient (Wildman–Crippen LogP) is 7.87. The first kappa shape index (κ1) is 19.7. The molecule has 158 valence electrons. The quantitative estimate of drug-likeness (QED) is 0.277. The first-order valence-electron chi connectivity index (χ1n) is 10.9. The number of rotatable bonds is 3. The topological polar surface area (TPSA) is 30.7 Å². The third-order valence-electron chi connectivity index (χ3n) is 5.95. The van der Waals surface area contributed by atoms with Gasteiger partial charge in [0.05, 0.1) is 16.6 Å². The second-order valence-corrected chi connectivity index (χ2v) is 8.56. The summed E-state index contributed by atoms with van der Waals surface area (Å²) in [6, 6.07) is 34.8. The van der Waals surface area contributed by atoms with Crippen LogP contribution in [0.15, 0.2) is 103 Å². The van der Waals surface area contributed by atoms with Crippen LogP contribution < -0.4 is 0 Å². The molecule has 0 bridgehead atoms. The van der Waals surface area contributed by atoms with E-state index in [4.69, 9.17) is 21.7 Å². The molecule has 0 unspecified atom stereocenters. The molecule has 0 aliphatic rings. The molecule has 0 saturated heterocycles. The van der Waals surface area contributed by atoms with Crippen LogP contribution in [-0.4, -0.2) is 14.8 Å². The van der Waals surface area contributed by atoms with Crippen molar-refractivity contribution in [3.63, 3.8) is 0 Å². The van der Waals surface area contributed by atoms with Crippen LogP contribution in [0.1, 0.15) is 5.56 Å². The van der Waals surface area contributed by atoms with Crippen LogP contribution in [0.25, 0.3) is 50.0 Å². The summed E-state index contributed by atoms with van der Waals surface area (Å²) in [5.74, 6) is 0. The van der Waals surface area contributed by atoms with Gasteiger partial charge in [0.25, 0.3) is 0 Å². The maximum Gasteiger partial charge on any atom is 0.164 e. The molecular formula is C29H20ClN3. The van der Waals surface area contributed by atoms with Crippen molar-refractivity contribution in [3.05, 3.63) is 114 Å². The molecule has 2 heterocycles. The third-order valence-corrected chi connectivity index (χ3v) is 6.28. The fourth-order valence-electron chi connectivity index (χ4n) is 4.43. The highest BCUT2D eigenvalue weighted by Crippen LogP contribution is 2.42. The van der Waals surface area contributed by atoms with Crippen molar-refractivity contribution in [2.24, 2.45) is 0 Å². The van der Waals surface area contributed by atoms with E-state index in [2.05, 4.69) is 55.5 Å². The predicted molar refractivity (Wildman–Crippen MR) is 137 cm³/mol. The minimum Gasteiger partial charge on any atom is -0.228 e. The van der Waals surface area contributed by atoms with Crippen molar-refractivity contribution in [2.75, 3.05) is 0 Å². The van der Waals surface area contributed by atoms with Crippen LogP contribution in [0.4, 0.5) is 0 Å². The van der Waals surface area contributed by atoms with Gasteiger partial charge in [0.2, 0.25) is 0 Å². The van der Waals surface area contributed by atoms with Crippen LogP contribution in [0.2, 0.25) is 5.02 Å². The third kappa shape index (κ3) is 3.29. The van der Waals surface area contributed by atoms with Crippen LogP contribution in [-0.2, 0) is 0 Å².